The zero-order chi connectivity index (χ0) is 18.2. The van der Waals surface area contributed by atoms with Crippen LogP contribution in [0.3, 0.4) is 0 Å². The second-order valence-corrected chi connectivity index (χ2v) is 7.82. The molecular weight excluding hydrogens is 336 g/mol. The fourth-order valence-corrected chi connectivity index (χ4v) is 3.17. The molecular formula is C20H23ClN2O2. The lowest BCUT2D eigenvalue weighted by Gasteiger charge is -2.24. The summed E-state index contributed by atoms with van der Waals surface area (Å²) in [6, 6.07) is 15.1. The number of hydrogen-bond acceptors (Lipinski definition) is 4. The normalized spacial score (nSPS) is 18.0. The molecule has 25 heavy (non-hydrogen) atoms. The minimum atomic E-state index is -1.47. The van der Waals surface area contributed by atoms with Gasteiger partial charge in [-0.05, 0) is 29.8 Å². The maximum absolute atomic E-state index is 9.29. The number of rotatable bonds is 3. The summed E-state index contributed by atoms with van der Waals surface area (Å²) < 4.78 is 0. The molecule has 1 aliphatic heterocycles. The van der Waals surface area contributed by atoms with Crippen molar-refractivity contribution in [1.29, 1.82) is 0 Å². The zero-order valence-electron chi connectivity index (χ0n) is 14.6. The maximum atomic E-state index is 9.29. The van der Waals surface area contributed by atoms with Crippen LogP contribution in [0.15, 0.2) is 53.6 Å². The van der Waals surface area contributed by atoms with Gasteiger partial charge in [-0.2, -0.15) is 5.10 Å². The third kappa shape index (κ3) is 3.87. The first-order valence-electron chi connectivity index (χ1n) is 8.34. The number of aliphatic hydroxyl groups excluding tert-OH is 1. The molecule has 0 amide bonds. The first-order chi connectivity index (χ1) is 11.8. The van der Waals surface area contributed by atoms with Crippen molar-refractivity contribution in [2.45, 2.75) is 39.5 Å². The summed E-state index contributed by atoms with van der Waals surface area (Å²) >= 11 is 6.19. The predicted molar refractivity (Wildman–Crippen MR) is 102 cm³/mol. The Balaban J connectivity index is 2.00. The number of aliphatic hydroxyl groups is 2. The van der Waals surface area contributed by atoms with Crippen LogP contribution in [0.5, 0.6) is 0 Å². The highest BCUT2D eigenvalue weighted by atomic mass is 35.5. The summed E-state index contributed by atoms with van der Waals surface area (Å²) in [4.78, 5) is 0. The number of nitrogens with zero attached hydrogens (tertiary/aromatic N) is 2. The molecule has 3 rings (SSSR count). The van der Waals surface area contributed by atoms with Gasteiger partial charge in [-0.25, -0.2) is 0 Å². The van der Waals surface area contributed by atoms with E-state index in [1.807, 2.05) is 35.3 Å². The molecule has 0 saturated heterocycles. The summed E-state index contributed by atoms with van der Waals surface area (Å²) in [6.07, 6.45) is -0.640. The molecule has 2 N–H and O–H groups in total. The molecule has 0 spiro atoms. The van der Waals surface area contributed by atoms with Gasteiger partial charge in [-0.1, -0.05) is 56.6 Å². The average Bonchev–Trinajstić information content (AvgIpc) is 3.00. The third-order valence-corrected chi connectivity index (χ3v) is 4.70. The molecule has 2 aromatic rings. The SMILES string of the molecule is CC(C)(C)C1=NN(c2ccc(C(O)O)cc2)C(c2cccc(Cl)c2)C1. The molecule has 1 atom stereocenters. The highest BCUT2D eigenvalue weighted by Crippen LogP contribution is 2.39. The van der Waals surface area contributed by atoms with Crippen LogP contribution in [-0.4, -0.2) is 15.9 Å². The Morgan fingerprint density at radius 1 is 1.12 bits per heavy atom. The summed E-state index contributed by atoms with van der Waals surface area (Å²) in [5, 5.41) is 26.2. The first-order valence-corrected chi connectivity index (χ1v) is 8.72. The van der Waals surface area contributed by atoms with Crippen molar-refractivity contribution >= 4 is 23.0 Å². The van der Waals surface area contributed by atoms with E-state index in [1.54, 1.807) is 12.1 Å². The first kappa shape index (κ1) is 17.9. The van der Waals surface area contributed by atoms with E-state index in [-0.39, 0.29) is 11.5 Å². The van der Waals surface area contributed by atoms with Gasteiger partial charge in [-0.3, -0.25) is 5.01 Å². The minimum Gasteiger partial charge on any atom is -0.364 e. The monoisotopic (exact) mass is 358 g/mol. The van der Waals surface area contributed by atoms with E-state index >= 15 is 0 Å². The maximum Gasteiger partial charge on any atom is 0.178 e. The van der Waals surface area contributed by atoms with Crippen LogP contribution in [0.4, 0.5) is 5.69 Å². The van der Waals surface area contributed by atoms with Gasteiger partial charge in [0.05, 0.1) is 11.7 Å². The van der Waals surface area contributed by atoms with Gasteiger partial charge in [0.2, 0.25) is 0 Å². The summed E-state index contributed by atoms with van der Waals surface area (Å²) in [6.45, 7) is 6.49. The minimum absolute atomic E-state index is 0.0210. The molecule has 5 heteroatoms. The van der Waals surface area contributed by atoms with Gasteiger partial charge in [0.25, 0.3) is 0 Å². The largest absolute Gasteiger partial charge is 0.364 e. The molecule has 2 aromatic carbocycles. The molecule has 0 aliphatic carbocycles. The Bertz CT molecular complexity index is 779. The van der Waals surface area contributed by atoms with Crippen LogP contribution in [0.1, 0.15) is 50.7 Å². The molecule has 0 fully saturated rings. The zero-order valence-corrected chi connectivity index (χ0v) is 15.4. The number of hydrogen-bond donors (Lipinski definition) is 2. The summed E-state index contributed by atoms with van der Waals surface area (Å²) in [5.41, 5.74) is 3.59. The van der Waals surface area contributed by atoms with Gasteiger partial charge < -0.3 is 10.2 Å². The quantitative estimate of drug-likeness (QED) is 0.783. The standard InChI is InChI=1S/C20H23ClN2O2/c1-20(2,3)18-12-17(14-5-4-6-15(21)11-14)23(22-18)16-9-7-13(8-10-16)19(24)25/h4-11,17,19,24-25H,12H2,1-3H3. The van der Waals surface area contributed by atoms with Crippen molar-refractivity contribution in [2.24, 2.45) is 10.5 Å². The molecule has 0 aromatic heterocycles. The van der Waals surface area contributed by atoms with E-state index in [4.69, 9.17) is 16.7 Å². The van der Waals surface area contributed by atoms with Crippen molar-refractivity contribution in [2.75, 3.05) is 5.01 Å². The van der Waals surface area contributed by atoms with Crippen molar-refractivity contribution in [1.82, 2.24) is 0 Å². The molecule has 0 radical (unpaired) electrons. The van der Waals surface area contributed by atoms with Gasteiger partial charge in [0.15, 0.2) is 6.29 Å². The van der Waals surface area contributed by atoms with Crippen molar-refractivity contribution in [3.8, 4) is 0 Å². The molecule has 132 valence electrons. The molecule has 1 aliphatic rings. The van der Waals surface area contributed by atoms with Gasteiger partial charge in [0, 0.05) is 28.1 Å². The number of anilines is 1. The lowest BCUT2D eigenvalue weighted by Crippen LogP contribution is -2.19. The van der Waals surface area contributed by atoms with Crippen molar-refractivity contribution < 1.29 is 10.2 Å². The molecule has 0 bridgehead atoms. The second kappa shape index (κ2) is 6.79. The fourth-order valence-electron chi connectivity index (χ4n) is 2.98. The Kier molecular flexibility index (Phi) is 4.87. The topological polar surface area (TPSA) is 56.1 Å². The summed E-state index contributed by atoms with van der Waals surface area (Å²) in [7, 11) is 0. The second-order valence-electron chi connectivity index (χ2n) is 7.38. The van der Waals surface area contributed by atoms with Gasteiger partial charge >= 0.3 is 0 Å². The average molecular weight is 359 g/mol. The summed E-state index contributed by atoms with van der Waals surface area (Å²) in [5.74, 6) is 0. The lowest BCUT2D eigenvalue weighted by atomic mass is 9.86. The molecule has 0 saturated carbocycles. The number of halogens is 1. The molecule has 1 unspecified atom stereocenters. The van der Waals surface area contributed by atoms with Crippen LogP contribution >= 0.6 is 11.6 Å². The van der Waals surface area contributed by atoms with Crippen LogP contribution in [0.25, 0.3) is 0 Å². The van der Waals surface area contributed by atoms with Crippen molar-refractivity contribution in [3.05, 3.63) is 64.7 Å². The van der Waals surface area contributed by atoms with E-state index in [0.717, 1.165) is 23.4 Å². The van der Waals surface area contributed by atoms with Crippen LogP contribution in [-0.2, 0) is 0 Å². The fraction of sp³-hybridized carbons (Fsp3) is 0.350. The highest BCUT2D eigenvalue weighted by molar-refractivity contribution is 6.30. The van der Waals surface area contributed by atoms with Gasteiger partial charge in [0.1, 0.15) is 0 Å². The Labute approximate surface area is 153 Å². The van der Waals surface area contributed by atoms with E-state index in [0.29, 0.717) is 10.6 Å². The van der Waals surface area contributed by atoms with E-state index in [9.17, 15) is 10.2 Å². The van der Waals surface area contributed by atoms with E-state index in [2.05, 4.69) is 26.8 Å². The Hall–Kier alpha value is -1.88. The van der Waals surface area contributed by atoms with Gasteiger partial charge in [-0.15, -0.1) is 0 Å². The number of hydrazone groups is 1. The van der Waals surface area contributed by atoms with Crippen LogP contribution in [0, 0.1) is 5.41 Å². The molecule has 4 nitrogen and oxygen atoms in total. The lowest BCUT2D eigenvalue weighted by molar-refractivity contribution is -0.0424. The smallest absolute Gasteiger partial charge is 0.178 e. The Morgan fingerprint density at radius 3 is 2.36 bits per heavy atom. The van der Waals surface area contributed by atoms with Crippen LogP contribution in [0.2, 0.25) is 5.02 Å². The molecule has 1 heterocycles. The third-order valence-electron chi connectivity index (χ3n) is 4.47. The van der Waals surface area contributed by atoms with E-state index < -0.39 is 6.29 Å². The predicted octanol–water partition coefficient (Wildman–Crippen LogP) is 4.68. The Morgan fingerprint density at radius 2 is 1.80 bits per heavy atom. The number of benzene rings is 2. The van der Waals surface area contributed by atoms with Crippen LogP contribution < -0.4 is 5.01 Å². The van der Waals surface area contributed by atoms with E-state index in [1.165, 1.54) is 0 Å². The van der Waals surface area contributed by atoms with Crippen molar-refractivity contribution in [3.63, 3.8) is 0 Å². The highest BCUT2D eigenvalue weighted by Gasteiger charge is 2.34.